The van der Waals surface area contributed by atoms with Crippen molar-refractivity contribution in [3.8, 4) is 28.6 Å². The van der Waals surface area contributed by atoms with Crippen LogP contribution in [0, 0.1) is 11.3 Å². The summed E-state index contributed by atoms with van der Waals surface area (Å²) in [7, 11) is 0. The molecule has 0 saturated carbocycles. The highest BCUT2D eigenvalue weighted by molar-refractivity contribution is 5.81. The van der Waals surface area contributed by atoms with Crippen molar-refractivity contribution in [2.24, 2.45) is 0 Å². The predicted molar refractivity (Wildman–Crippen MR) is 117 cm³/mol. The van der Waals surface area contributed by atoms with Gasteiger partial charge in [0.15, 0.2) is 5.82 Å². The number of carbonyl (C=O) groups excluding carboxylic acids is 1. The highest BCUT2D eigenvalue weighted by Gasteiger charge is 2.26. The number of aromatic nitrogens is 2. The summed E-state index contributed by atoms with van der Waals surface area (Å²) in [6.45, 7) is 0.0851. The first-order valence-electron chi connectivity index (χ1n) is 9.84. The van der Waals surface area contributed by atoms with Crippen molar-refractivity contribution in [1.29, 1.82) is 5.26 Å². The second-order valence-corrected chi connectivity index (χ2v) is 6.88. The van der Waals surface area contributed by atoms with Crippen molar-refractivity contribution in [3.63, 3.8) is 0 Å². The number of carbonyl (C=O) groups is 1. The molecule has 0 fully saturated rings. The lowest BCUT2D eigenvalue weighted by molar-refractivity contribution is -0.145. The monoisotopic (exact) mass is 405 g/mol. The van der Waals surface area contributed by atoms with Crippen molar-refractivity contribution in [2.75, 3.05) is 0 Å². The Bertz CT molecular complexity index is 1150. The van der Waals surface area contributed by atoms with Gasteiger partial charge in [-0.1, -0.05) is 91.0 Å². The van der Waals surface area contributed by atoms with Gasteiger partial charge < -0.3 is 4.74 Å². The minimum absolute atomic E-state index is 0.0851. The third-order valence-corrected chi connectivity index (χ3v) is 4.73. The van der Waals surface area contributed by atoms with Crippen LogP contribution in [0.3, 0.4) is 0 Å². The van der Waals surface area contributed by atoms with Crippen molar-refractivity contribution in [3.05, 3.63) is 108 Å². The molecule has 0 aliphatic heterocycles. The summed E-state index contributed by atoms with van der Waals surface area (Å²) in [4.78, 5) is 21.8. The summed E-state index contributed by atoms with van der Waals surface area (Å²) >= 11 is 0. The van der Waals surface area contributed by atoms with E-state index in [1.165, 1.54) is 0 Å². The topological polar surface area (TPSA) is 75.9 Å². The van der Waals surface area contributed by atoms with E-state index >= 15 is 0 Å². The molecule has 31 heavy (non-hydrogen) atoms. The number of nitrogens with zero attached hydrogens (tertiary/aromatic N) is 3. The summed E-state index contributed by atoms with van der Waals surface area (Å²) in [6.07, 6.45) is 0. The summed E-state index contributed by atoms with van der Waals surface area (Å²) in [6, 6.07) is 32.4. The van der Waals surface area contributed by atoms with Crippen LogP contribution in [-0.4, -0.2) is 15.9 Å². The van der Waals surface area contributed by atoms with Crippen LogP contribution in [0.25, 0.3) is 22.5 Å². The summed E-state index contributed by atoms with van der Waals surface area (Å²) < 4.78 is 5.39. The lowest BCUT2D eigenvalue weighted by Crippen LogP contribution is -2.17. The molecule has 4 rings (SSSR count). The fraction of sp³-hybridized carbons (Fsp3) is 0.0769. The van der Waals surface area contributed by atoms with Crippen LogP contribution in [0.15, 0.2) is 97.1 Å². The molecule has 5 nitrogen and oxygen atoms in total. The molecule has 1 unspecified atom stereocenters. The molecule has 3 aromatic carbocycles. The minimum atomic E-state index is -1.23. The SMILES string of the molecule is N#CC(C(=O)OCc1ccccc1)c1nc(-c2ccccc2)cc(-c2ccccc2)n1. The average molecular weight is 405 g/mol. The molecule has 1 aromatic heterocycles. The van der Waals surface area contributed by atoms with Crippen LogP contribution >= 0.6 is 0 Å². The van der Waals surface area contributed by atoms with E-state index in [4.69, 9.17) is 4.74 Å². The molecule has 0 amide bonds. The highest BCUT2D eigenvalue weighted by Crippen LogP contribution is 2.26. The van der Waals surface area contributed by atoms with E-state index in [9.17, 15) is 10.1 Å². The maximum atomic E-state index is 12.7. The molecule has 0 radical (unpaired) electrons. The van der Waals surface area contributed by atoms with Gasteiger partial charge in [0, 0.05) is 11.1 Å². The van der Waals surface area contributed by atoms with E-state index in [1.807, 2.05) is 103 Å². The molecule has 0 N–H and O–H groups in total. The number of benzene rings is 3. The zero-order chi connectivity index (χ0) is 21.5. The standard InChI is InChI=1S/C26H19N3O2/c27-17-22(26(30)31-18-19-10-4-1-5-11-19)25-28-23(20-12-6-2-7-13-20)16-24(29-25)21-14-8-3-9-15-21/h1-16,22H,18H2. The van der Waals surface area contributed by atoms with Gasteiger partial charge in [0.05, 0.1) is 17.5 Å². The van der Waals surface area contributed by atoms with Crippen molar-refractivity contribution >= 4 is 5.97 Å². The molecule has 4 aromatic rings. The quantitative estimate of drug-likeness (QED) is 0.414. The van der Waals surface area contributed by atoms with Gasteiger partial charge in [0.1, 0.15) is 6.61 Å². The summed E-state index contributed by atoms with van der Waals surface area (Å²) in [5.74, 6) is -1.77. The van der Waals surface area contributed by atoms with Gasteiger partial charge in [-0.05, 0) is 11.6 Å². The Morgan fingerprint density at radius 2 is 1.29 bits per heavy atom. The third-order valence-electron chi connectivity index (χ3n) is 4.73. The van der Waals surface area contributed by atoms with Crippen LogP contribution in [0.2, 0.25) is 0 Å². The van der Waals surface area contributed by atoms with Crippen LogP contribution in [0.1, 0.15) is 17.3 Å². The zero-order valence-corrected chi connectivity index (χ0v) is 16.7. The lowest BCUT2D eigenvalue weighted by Gasteiger charge is -2.12. The third kappa shape index (κ3) is 4.82. The Morgan fingerprint density at radius 1 is 0.806 bits per heavy atom. The van der Waals surface area contributed by atoms with E-state index in [2.05, 4.69) is 9.97 Å². The molecule has 1 heterocycles. The second-order valence-electron chi connectivity index (χ2n) is 6.88. The first-order valence-corrected chi connectivity index (χ1v) is 9.84. The van der Waals surface area contributed by atoms with E-state index in [1.54, 1.807) is 0 Å². The Morgan fingerprint density at radius 3 is 1.77 bits per heavy atom. The van der Waals surface area contributed by atoms with Gasteiger partial charge >= 0.3 is 5.97 Å². The first-order chi connectivity index (χ1) is 15.2. The number of ether oxygens (including phenoxy) is 1. The van der Waals surface area contributed by atoms with Gasteiger partial charge in [-0.3, -0.25) is 4.79 Å². The fourth-order valence-electron chi connectivity index (χ4n) is 3.14. The van der Waals surface area contributed by atoms with E-state index in [-0.39, 0.29) is 12.4 Å². The van der Waals surface area contributed by atoms with Crippen molar-refractivity contribution in [1.82, 2.24) is 9.97 Å². The molecule has 0 spiro atoms. The van der Waals surface area contributed by atoms with Gasteiger partial charge in [0.25, 0.3) is 0 Å². The van der Waals surface area contributed by atoms with Crippen molar-refractivity contribution in [2.45, 2.75) is 12.5 Å². The Hall–Kier alpha value is -4.30. The summed E-state index contributed by atoms with van der Waals surface area (Å²) in [5.41, 5.74) is 3.87. The van der Waals surface area contributed by atoms with Crippen molar-refractivity contribution < 1.29 is 9.53 Å². The number of esters is 1. The molecule has 0 bridgehead atoms. The number of hydrogen-bond acceptors (Lipinski definition) is 5. The molecule has 1 atom stereocenters. The zero-order valence-electron chi connectivity index (χ0n) is 16.7. The highest BCUT2D eigenvalue weighted by atomic mass is 16.5. The number of nitriles is 1. The molecule has 150 valence electrons. The van der Waals surface area contributed by atoms with Gasteiger partial charge in [-0.2, -0.15) is 5.26 Å². The van der Waals surface area contributed by atoms with E-state index < -0.39 is 11.9 Å². The first kappa shape index (κ1) is 20.0. The van der Waals surface area contributed by atoms with Gasteiger partial charge in [0.2, 0.25) is 5.92 Å². The number of hydrogen-bond donors (Lipinski definition) is 0. The van der Waals surface area contributed by atoms with Crippen LogP contribution in [0.5, 0.6) is 0 Å². The van der Waals surface area contributed by atoms with Crippen LogP contribution in [0.4, 0.5) is 0 Å². The van der Waals surface area contributed by atoms with E-state index in [0.29, 0.717) is 11.4 Å². The van der Waals surface area contributed by atoms with Crippen LogP contribution in [-0.2, 0) is 16.1 Å². The second kappa shape index (κ2) is 9.47. The van der Waals surface area contributed by atoms with Crippen LogP contribution < -0.4 is 0 Å². The smallest absolute Gasteiger partial charge is 0.331 e. The minimum Gasteiger partial charge on any atom is -0.459 e. The molecule has 0 aliphatic rings. The Balaban J connectivity index is 1.69. The molecule has 5 heteroatoms. The lowest BCUT2D eigenvalue weighted by atomic mass is 10.1. The predicted octanol–water partition coefficient (Wildman–Crippen LogP) is 5.16. The van der Waals surface area contributed by atoms with Gasteiger partial charge in [-0.15, -0.1) is 0 Å². The van der Waals surface area contributed by atoms with E-state index in [0.717, 1.165) is 16.7 Å². The Kier molecular flexibility index (Phi) is 6.10. The molecular formula is C26H19N3O2. The maximum absolute atomic E-state index is 12.7. The molecular weight excluding hydrogens is 386 g/mol. The fourth-order valence-corrected chi connectivity index (χ4v) is 3.14. The number of rotatable bonds is 6. The summed E-state index contributed by atoms with van der Waals surface area (Å²) in [5, 5.41) is 9.74. The largest absolute Gasteiger partial charge is 0.459 e. The van der Waals surface area contributed by atoms with Gasteiger partial charge in [-0.25, -0.2) is 9.97 Å². The maximum Gasteiger partial charge on any atom is 0.331 e. The molecule has 0 saturated heterocycles. The normalized spacial score (nSPS) is 11.3. The average Bonchev–Trinajstić information content (AvgIpc) is 2.85. The molecule has 0 aliphatic carbocycles. The Labute approximate surface area is 180 Å².